The number of halogens is 1. The van der Waals surface area contributed by atoms with Crippen LogP contribution in [0.2, 0.25) is 5.02 Å². The number of aliphatic hydroxyl groups excluding tert-OH is 1. The van der Waals surface area contributed by atoms with E-state index in [1.54, 1.807) is 6.92 Å². The molecule has 0 bridgehead atoms. The van der Waals surface area contributed by atoms with Crippen molar-refractivity contribution in [2.24, 2.45) is 0 Å². The first-order chi connectivity index (χ1) is 7.08. The summed E-state index contributed by atoms with van der Waals surface area (Å²) >= 11 is 5.89. The van der Waals surface area contributed by atoms with Crippen LogP contribution in [0.25, 0.3) is 11.0 Å². The van der Waals surface area contributed by atoms with E-state index in [0.717, 1.165) is 16.9 Å². The molecule has 2 rings (SSSR count). The van der Waals surface area contributed by atoms with Gasteiger partial charge in [0.15, 0.2) is 0 Å². The number of aliphatic hydroxyl groups is 1. The minimum atomic E-state index is -0.378. The van der Waals surface area contributed by atoms with Crippen LogP contribution in [0.1, 0.15) is 12.7 Å². The molecule has 0 saturated heterocycles. The SMILES string of the molecule is Cc1nc2cc(Cl)ccc2n1CC(C)O. The number of aromatic nitrogens is 2. The number of benzene rings is 1. The smallest absolute Gasteiger partial charge is 0.106 e. The van der Waals surface area contributed by atoms with Crippen molar-refractivity contribution in [1.29, 1.82) is 0 Å². The van der Waals surface area contributed by atoms with Gasteiger partial charge in [0.25, 0.3) is 0 Å². The Kier molecular flexibility index (Phi) is 2.67. The Morgan fingerprint density at radius 3 is 2.93 bits per heavy atom. The number of imidazole rings is 1. The number of hydrogen-bond donors (Lipinski definition) is 1. The van der Waals surface area contributed by atoms with Crippen LogP contribution in [0.4, 0.5) is 0 Å². The lowest BCUT2D eigenvalue weighted by atomic mass is 10.3. The van der Waals surface area contributed by atoms with Crippen LogP contribution in [-0.4, -0.2) is 20.8 Å². The van der Waals surface area contributed by atoms with E-state index in [1.165, 1.54) is 0 Å². The van der Waals surface area contributed by atoms with Crippen LogP contribution in [0.3, 0.4) is 0 Å². The quantitative estimate of drug-likeness (QED) is 0.851. The Hall–Kier alpha value is -1.06. The zero-order valence-corrected chi connectivity index (χ0v) is 9.49. The second-order valence-corrected chi connectivity index (χ2v) is 4.19. The topological polar surface area (TPSA) is 38.0 Å². The van der Waals surface area contributed by atoms with E-state index in [2.05, 4.69) is 4.98 Å². The largest absolute Gasteiger partial charge is 0.392 e. The summed E-state index contributed by atoms with van der Waals surface area (Å²) in [6.07, 6.45) is -0.378. The Balaban J connectivity index is 2.58. The van der Waals surface area contributed by atoms with E-state index in [9.17, 15) is 5.11 Å². The maximum Gasteiger partial charge on any atom is 0.106 e. The summed E-state index contributed by atoms with van der Waals surface area (Å²) in [6.45, 7) is 4.25. The Morgan fingerprint density at radius 1 is 1.53 bits per heavy atom. The van der Waals surface area contributed by atoms with Gasteiger partial charge >= 0.3 is 0 Å². The summed E-state index contributed by atoms with van der Waals surface area (Å²) in [7, 11) is 0. The highest BCUT2D eigenvalue weighted by Gasteiger charge is 2.09. The van der Waals surface area contributed by atoms with Gasteiger partial charge in [-0.2, -0.15) is 0 Å². The monoisotopic (exact) mass is 224 g/mol. The van der Waals surface area contributed by atoms with Crippen LogP contribution >= 0.6 is 11.6 Å². The third kappa shape index (κ3) is 1.98. The van der Waals surface area contributed by atoms with Gasteiger partial charge in [0.1, 0.15) is 5.82 Å². The molecule has 0 spiro atoms. The molecule has 1 N–H and O–H groups in total. The molecule has 0 fully saturated rings. The predicted octanol–water partition coefficient (Wildman–Crippen LogP) is 2.38. The van der Waals surface area contributed by atoms with Gasteiger partial charge in [-0.3, -0.25) is 0 Å². The summed E-state index contributed by atoms with van der Waals surface area (Å²) in [5.41, 5.74) is 1.89. The zero-order chi connectivity index (χ0) is 11.0. The Bertz CT molecular complexity index is 491. The first kappa shape index (κ1) is 10.5. The fourth-order valence-electron chi connectivity index (χ4n) is 1.72. The average Bonchev–Trinajstić information content (AvgIpc) is 2.41. The van der Waals surface area contributed by atoms with Crippen molar-refractivity contribution < 1.29 is 5.11 Å². The molecule has 0 aliphatic carbocycles. The molecule has 1 heterocycles. The van der Waals surface area contributed by atoms with Crippen LogP contribution in [0, 0.1) is 6.92 Å². The van der Waals surface area contributed by atoms with Gasteiger partial charge < -0.3 is 9.67 Å². The molecule has 4 heteroatoms. The number of hydrogen-bond acceptors (Lipinski definition) is 2. The summed E-state index contributed by atoms with van der Waals surface area (Å²) in [5, 5.41) is 10.1. The summed E-state index contributed by atoms with van der Waals surface area (Å²) < 4.78 is 2.00. The Morgan fingerprint density at radius 2 is 2.27 bits per heavy atom. The fraction of sp³-hybridized carbons (Fsp3) is 0.364. The molecule has 1 aromatic carbocycles. The standard InChI is InChI=1S/C11H13ClN2O/c1-7(15)6-14-8(2)13-10-5-9(12)3-4-11(10)14/h3-5,7,15H,6H2,1-2H3. The number of rotatable bonds is 2. The molecule has 0 amide bonds. The van der Waals surface area contributed by atoms with Gasteiger partial charge in [0.2, 0.25) is 0 Å². The van der Waals surface area contributed by atoms with E-state index in [0.29, 0.717) is 11.6 Å². The Labute approximate surface area is 93.3 Å². The number of nitrogens with zero attached hydrogens (tertiary/aromatic N) is 2. The van der Waals surface area contributed by atoms with Gasteiger partial charge in [0, 0.05) is 5.02 Å². The van der Waals surface area contributed by atoms with Gasteiger partial charge in [-0.05, 0) is 32.0 Å². The second kappa shape index (κ2) is 3.83. The highest BCUT2D eigenvalue weighted by molar-refractivity contribution is 6.31. The van der Waals surface area contributed by atoms with E-state index in [-0.39, 0.29) is 6.10 Å². The lowest BCUT2D eigenvalue weighted by Crippen LogP contribution is -2.12. The van der Waals surface area contributed by atoms with Gasteiger partial charge in [-0.15, -0.1) is 0 Å². The average molecular weight is 225 g/mol. The van der Waals surface area contributed by atoms with Crippen LogP contribution in [0.15, 0.2) is 18.2 Å². The zero-order valence-electron chi connectivity index (χ0n) is 8.74. The van der Waals surface area contributed by atoms with Gasteiger partial charge in [-0.25, -0.2) is 4.98 Å². The molecular formula is C11H13ClN2O. The number of fused-ring (bicyclic) bond motifs is 1. The van der Waals surface area contributed by atoms with Crippen LogP contribution in [0.5, 0.6) is 0 Å². The first-order valence-electron chi connectivity index (χ1n) is 4.88. The molecule has 0 aliphatic heterocycles. The summed E-state index contributed by atoms with van der Waals surface area (Å²) in [4.78, 5) is 4.39. The number of aryl methyl sites for hydroxylation is 1. The molecule has 15 heavy (non-hydrogen) atoms. The third-order valence-electron chi connectivity index (χ3n) is 2.35. The highest BCUT2D eigenvalue weighted by Crippen LogP contribution is 2.20. The molecule has 1 aromatic heterocycles. The lowest BCUT2D eigenvalue weighted by molar-refractivity contribution is 0.174. The summed E-state index contributed by atoms with van der Waals surface area (Å²) in [5.74, 6) is 0.896. The third-order valence-corrected chi connectivity index (χ3v) is 2.58. The van der Waals surface area contributed by atoms with Crippen molar-refractivity contribution in [2.45, 2.75) is 26.5 Å². The van der Waals surface area contributed by atoms with Crippen molar-refractivity contribution in [1.82, 2.24) is 9.55 Å². The van der Waals surface area contributed by atoms with Crippen LogP contribution < -0.4 is 0 Å². The molecule has 0 radical (unpaired) electrons. The first-order valence-corrected chi connectivity index (χ1v) is 5.26. The molecule has 1 unspecified atom stereocenters. The normalized spacial score (nSPS) is 13.3. The molecular weight excluding hydrogens is 212 g/mol. The van der Waals surface area contributed by atoms with Crippen molar-refractivity contribution >= 4 is 22.6 Å². The van der Waals surface area contributed by atoms with E-state index >= 15 is 0 Å². The van der Waals surface area contributed by atoms with Gasteiger partial charge in [0.05, 0.1) is 23.7 Å². The van der Waals surface area contributed by atoms with Crippen molar-refractivity contribution in [2.75, 3.05) is 0 Å². The molecule has 1 atom stereocenters. The summed E-state index contributed by atoms with van der Waals surface area (Å²) in [6, 6.07) is 5.60. The minimum Gasteiger partial charge on any atom is -0.392 e. The molecule has 80 valence electrons. The molecule has 0 aliphatic rings. The minimum absolute atomic E-state index is 0.378. The predicted molar refractivity (Wildman–Crippen MR) is 61.2 cm³/mol. The highest BCUT2D eigenvalue weighted by atomic mass is 35.5. The van der Waals surface area contributed by atoms with Gasteiger partial charge in [-0.1, -0.05) is 11.6 Å². The van der Waals surface area contributed by atoms with Crippen LogP contribution in [-0.2, 0) is 6.54 Å². The fourth-order valence-corrected chi connectivity index (χ4v) is 1.88. The van der Waals surface area contributed by atoms with Crippen molar-refractivity contribution in [3.63, 3.8) is 0 Å². The molecule has 0 saturated carbocycles. The lowest BCUT2D eigenvalue weighted by Gasteiger charge is -2.08. The maximum absolute atomic E-state index is 9.39. The van der Waals surface area contributed by atoms with E-state index in [1.807, 2.05) is 29.7 Å². The van der Waals surface area contributed by atoms with E-state index in [4.69, 9.17) is 11.6 Å². The molecule has 2 aromatic rings. The van der Waals surface area contributed by atoms with Crippen molar-refractivity contribution in [3.8, 4) is 0 Å². The van der Waals surface area contributed by atoms with E-state index < -0.39 is 0 Å². The molecule has 3 nitrogen and oxygen atoms in total. The van der Waals surface area contributed by atoms with Crippen molar-refractivity contribution in [3.05, 3.63) is 29.0 Å². The maximum atomic E-state index is 9.39. The second-order valence-electron chi connectivity index (χ2n) is 3.75.